The third-order valence-electron chi connectivity index (χ3n) is 7.59. The SMILES string of the molecule is C[C@@H]1CCC=C2[C@H]1[C@@H](C)C(O[Si](C)(C)C(C)(C)C)[C@@H]2n1cnc2c(Cl)ncnc21. The minimum absolute atomic E-state index is 0.110. The zero-order valence-corrected chi connectivity index (χ0v) is 20.4. The summed E-state index contributed by atoms with van der Waals surface area (Å²) in [4.78, 5) is 13.2. The Bertz CT molecular complexity index is 948. The van der Waals surface area contributed by atoms with Crippen LogP contribution in [0.15, 0.2) is 24.3 Å². The predicted molar refractivity (Wildman–Crippen MR) is 121 cm³/mol. The van der Waals surface area contributed by atoms with Gasteiger partial charge in [0.05, 0.1) is 18.5 Å². The van der Waals surface area contributed by atoms with Gasteiger partial charge >= 0.3 is 0 Å². The van der Waals surface area contributed by atoms with E-state index in [1.54, 1.807) is 0 Å². The van der Waals surface area contributed by atoms with Gasteiger partial charge in [0.2, 0.25) is 0 Å². The molecule has 1 saturated carbocycles. The highest BCUT2D eigenvalue weighted by molar-refractivity contribution is 6.74. The maximum absolute atomic E-state index is 7.10. The molecule has 0 radical (unpaired) electrons. The molecule has 7 heteroatoms. The van der Waals surface area contributed by atoms with Crippen LogP contribution in [0, 0.1) is 17.8 Å². The molecule has 2 aliphatic rings. The van der Waals surface area contributed by atoms with E-state index in [-0.39, 0.29) is 17.2 Å². The Morgan fingerprint density at radius 1 is 1.17 bits per heavy atom. The first kappa shape index (κ1) is 21.0. The first-order chi connectivity index (χ1) is 13.5. The molecule has 5 nitrogen and oxygen atoms in total. The van der Waals surface area contributed by atoms with Gasteiger partial charge in [-0.3, -0.25) is 0 Å². The van der Waals surface area contributed by atoms with Crippen molar-refractivity contribution in [3.8, 4) is 0 Å². The summed E-state index contributed by atoms with van der Waals surface area (Å²) < 4.78 is 9.30. The number of hydrogen-bond acceptors (Lipinski definition) is 4. The molecule has 2 aliphatic carbocycles. The lowest BCUT2D eigenvalue weighted by Crippen LogP contribution is -2.46. The molecule has 0 spiro atoms. The lowest BCUT2D eigenvalue weighted by Gasteiger charge is -2.41. The lowest BCUT2D eigenvalue weighted by molar-refractivity contribution is 0.0982. The van der Waals surface area contributed by atoms with Gasteiger partial charge in [0.15, 0.2) is 19.1 Å². The van der Waals surface area contributed by atoms with Crippen LogP contribution in [0.3, 0.4) is 0 Å². The highest BCUT2D eigenvalue weighted by Crippen LogP contribution is 2.54. The topological polar surface area (TPSA) is 52.8 Å². The summed E-state index contributed by atoms with van der Waals surface area (Å²) in [5.41, 5.74) is 2.96. The van der Waals surface area contributed by atoms with Crippen LogP contribution >= 0.6 is 11.6 Å². The van der Waals surface area contributed by atoms with Gasteiger partial charge in [-0.05, 0) is 54.3 Å². The first-order valence-electron chi connectivity index (χ1n) is 10.7. The zero-order valence-electron chi connectivity index (χ0n) is 18.6. The number of rotatable bonds is 3. The second kappa shape index (κ2) is 7.17. The summed E-state index contributed by atoms with van der Waals surface area (Å²) in [5.74, 6) is 1.65. The zero-order chi connectivity index (χ0) is 21.1. The molecule has 0 amide bonds. The molecule has 2 aromatic rings. The summed E-state index contributed by atoms with van der Waals surface area (Å²) in [7, 11) is -1.95. The number of nitrogens with zero attached hydrogens (tertiary/aromatic N) is 4. The number of halogens is 1. The Labute approximate surface area is 180 Å². The molecular weight excluding hydrogens is 400 g/mol. The van der Waals surface area contributed by atoms with Gasteiger partial charge in [-0.15, -0.1) is 0 Å². The van der Waals surface area contributed by atoms with Gasteiger partial charge in [0.25, 0.3) is 0 Å². The largest absolute Gasteiger partial charge is 0.411 e. The van der Waals surface area contributed by atoms with Gasteiger partial charge in [-0.2, -0.15) is 0 Å². The fourth-order valence-corrected chi connectivity index (χ4v) is 6.57. The van der Waals surface area contributed by atoms with Crippen LogP contribution in [0.4, 0.5) is 0 Å². The van der Waals surface area contributed by atoms with E-state index in [2.05, 4.69) is 73.3 Å². The number of allylic oxidation sites excluding steroid dienone is 1. The molecular formula is C22H33ClN4OSi. The van der Waals surface area contributed by atoms with E-state index >= 15 is 0 Å². The van der Waals surface area contributed by atoms with Crippen LogP contribution in [-0.2, 0) is 4.43 Å². The molecule has 0 N–H and O–H groups in total. The van der Waals surface area contributed by atoms with Crippen LogP contribution in [0.25, 0.3) is 11.2 Å². The van der Waals surface area contributed by atoms with Crippen molar-refractivity contribution in [3.05, 3.63) is 29.5 Å². The summed E-state index contributed by atoms with van der Waals surface area (Å²) in [6.07, 6.45) is 8.35. The number of hydrogen-bond donors (Lipinski definition) is 0. The predicted octanol–water partition coefficient (Wildman–Crippen LogP) is 6.03. The van der Waals surface area contributed by atoms with Crippen molar-refractivity contribution in [2.75, 3.05) is 0 Å². The van der Waals surface area contributed by atoms with Crippen molar-refractivity contribution in [1.29, 1.82) is 0 Å². The molecule has 1 fully saturated rings. The van der Waals surface area contributed by atoms with Crippen molar-refractivity contribution < 1.29 is 4.43 Å². The van der Waals surface area contributed by atoms with E-state index in [0.29, 0.717) is 28.4 Å². The molecule has 0 aliphatic heterocycles. The molecule has 29 heavy (non-hydrogen) atoms. The molecule has 0 bridgehead atoms. The van der Waals surface area contributed by atoms with Crippen molar-refractivity contribution in [2.45, 2.75) is 77.7 Å². The Hall–Kier alpha value is -1.24. The minimum atomic E-state index is -1.95. The molecule has 0 saturated heterocycles. The third kappa shape index (κ3) is 3.37. The molecule has 2 heterocycles. The van der Waals surface area contributed by atoms with Crippen molar-refractivity contribution in [1.82, 2.24) is 19.5 Å². The Kier molecular flexibility index (Phi) is 5.19. The summed E-state index contributed by atoms with van der Waals surface area (Å²) >= 11 is 6.30. The highest BCUT2D eigenvalue weighted by atomic mass is 35.5. The quantitative estimate of drug-likeness (QED) is 0.337. The van der Waals surface area contributed by atoms with Gasteiger partial charge < -0.3 is 8.99 Å². The van der Waals surface area contributed by atoms with Gasteiger partial charge in [-0.25, -0.2) is 15.0 Å². The van der Waals surface area contributed by atoms with Gasteiger partial charge in [0.1, 0.15) is 11.8 Å². The molecule has 1 unspecified atom stereocenters. The van der Waals surface area contributed by atoms with E-state index in [1.165, 1.54) is 18.3 Å². The number of imidazole rings is 1. The molecule has 4 rings (SSSR count). The van der Waals surface area contributed by atoms with Crippen molar-refractivity contribution >= 4 is 31.1 Å². The van der Waals surface area contributed by atoms with Gasteiger partial charge in [-0.1, -0.05) is 52.3 Å². The van der Waals surface area contributed by atoms with E-state index < -0.39 is 8.32 Å². The maximum atomic E-state index is 7.10. The Morgan fingerprint density at radius 3 is 2.59 bits per heavy atom. The van der Waals surface area contributed by atoms with Crippen LogP contribution in [0.1, 0.15) is 53.5 Å². The summed E-state index contributed by atoms with van der Waals surface area (Å²) in [5, 5.41) is 0.567. The molecule has 158 valence electrons. The second-order valence-electron chi connectivity index (χ2n) is 10.4. The van der Waals surface area contributed by atoms with Crippen LogP contribution in [0.2, 0.25) is 23.3 Å². The van der Waals surface area contributed by atoms with Crippen molar-refractivity contribution in [2.24, 2.45) is 17.8 Å². The van der Waals surface area contributed by atoms with Gasteiger partial charge in [0, 0.05) is 0 Å². The fourth-order valence-electron chi connectivity index (χ4n) is 5.01. The summed E-state index contributed by atoms with van der Waals surface area (Å²) in [6.45, 7) is 16.4. The van der Waals surface area contributed by atoms with Crippen LogP contribution in [0.5, 0.6) is 0 Å². The van der Waals surface area contributed by atoms with Crippen molar-refractivity contribution in [3.63, 3.8) is 0 Å². The Morgan fingerprint density at radius 2 is 1.90 bits per heavy atom. The highest BCUT2D eigenvalue weighted by Gasteiger charge is 2.52. The van der Waals surface area contributed by atoms with E-state index in [0.717, 1.165) is 12.1 Å². The molecule has 5 atom stereocenters. The smallest absolute Gasteiger partial charge is 0.192 e. The average Bonchev–Trinajstić information content (AvgIpc) is 3.15. The fraction of sp³-hybridized carbons (Fsp3) is 0.682. The third-order valence-corrected chi connectivity index (χ3v) is 12.3. The van der Waals surface area contributed by atoms with Crippen LogP contribution in [-0.4, -0.2) is 33.9 Å². The maximum Gasteiger partial charge on any atom is 0.192 e. The average molecular weight is 433 g/mol. The molecule has 2 aromatic heterocycles. The summed E-state index contributed by atoms with van der Waals surface area (Å²) in [6, 6.07) is 0.114. The second-order valence-corrected chi connectivity index (χ2v) is 15.5. The monoisotopic (exact) mass is 432 g/mol. The van der Waals surface area contributed by atoms with E-state index in [1.807, 2.05) is 6.33 Å². The normalized spacial score (nSPS) is 30.5. The standard InChI is InChI=1S/C22H33ClN4OSi/c1-13-9-8-10-15-16(13)14(2)19(28-29(6,7)22(3,4)5)18(15)27-12-26-17-20(23)24-11-25-21(17)27/h10-14,16,18-19H,8-9H2,1-7H3/t13-,14-,16-,18-,19?/m1/s1. The number of aromatic nitrogens is 4. The first-order valence-corrected chi connectivity index (χ1v) is 14.0. The lowest BCUT2D eigenvalue weighted by atomic mass is 9.77. The van der Waals surface area contributed by atoms with E-state index in [9.17, 15) is 0 Å². The molecule has 0 aromatic carbocycles. The Balaban J connectivity index is 1.85. The van der Waals surface area contributed by atoms with E-state index in [4.69, 9.17) is 16.0 Å². The number of fused-ring (bicyclic) bond motifs is 2. The van der Waals surface area contributed by atoms with Crippen LogP contribution < -0.4 is 0 Å². The minimum Gasteiger partial charge on any atom is -0.411 e.